The third-order valence-electron chi connectivity index (χ3n) is 1.58. The minimum absolute atomic E-state index is 0.170. The van der Waals surface area contributed by atoms with Crippen LogP contribution < -0.4 is 0 Å². The number of nitrogens with zero attached hydrogens (tertiary/aromatic N) is 2. The van der Waals surface area contributed by atoms with Crippen LogP contribution in [-0.4, -0.2) is 9.85 Å². The van der Waals surface area contributed by atoms with Gasteiger partial charge in [-0.2, -0.15) is 0 Å². The molecule has 0 N–H and O–H groups in total. The zero-order valence-corrected chi connectivity index (χ0v) is 8.88. The molecule has 0 amide bonds. The summed E-state index contributed by atoms with van der Waals surface area (Å²) >= 11 is 2.70. The maximum Gasteiger partial charge on any atom is 0.311 e. The van der Waals surface area contributed by atoms with E-state index in [9.17, 15) is 20.2 Å². The Bertz CT molecular complexity index is 444. The topological polar surface area (TPSA) is 86.3 Å². The van der Waals surface area contributed by atoms with Crippen LogP contribution in [0.5, 0.6) is 0 Å². The molecule has 1 rings (SSSR count). The molecule has 0 radical (unpaired) electrons. The third kappa shape index (κ3) is 2.84. The van der Waals surface area contributed by atoms with E-state index in [1.807, 2.05) is 0 Å². The number of halogens is 1. The molecule has 0 aromatic heterocycles. The lowest BCUT2D eigenvalue weighted by molar-refractivity contribution is -0.407. The first-order chi connectivity index (χ1) is 7.02. The SMILES string of the molecule is O=[N+]([O-])/C(Br)=C/c1ccccc1[N+](=O)[O-]. The van der Waals surface area contributed by atoms with Crippen molar-refractivity contribution in [1.82, 2.24) is 0 Å². The van der Waals surface area contributed by atoms with Crippen molar-refractivity contribution in [3.05, 3.63) is 54.7 Å². The number of hydrogen-bond donors (Lipinski definition) is 0. The minimum atomic E-state index is -0.670. The van der Waals surface area contributed by atoms with Crippen LogP contribution in [0.25, 0.3) is 6.08 Å². The lowest BCUT2D eigenvalue weighted by Crippen LogP contribution is -1.94. The summed E-state index contributed by atoms with van der Waals surface area (Å²) in [6.45, 7) is 0. The molecule has 0 bridgehead atoms. The van der Waals surface area contributed by atoms with Gasteiger partial charge in [-0.15, -0.1) is 0 Å². The second-order valence-electron chi connectivity index (χ2n) is 2.54. The summed E-state index contributed by atoms with van der Waals surface area (Å²) in [7, 11) is 0. The Morgan fingerprint density at radius 3 is 2.40 bits per heavy atom. The van der Waals surface area contributed by atoms with Gasteiger partial charge in [0, 0.05) is 28.1 Å². The summed E-state index contributed by atoms with van der Waals surface area (Å²) in [6.07, 6.45) is 1.10. The molecule has 0 aliphatic carbocycles. The molecule has 6 nitrogen and oxygen atoms in total. The van der Waals surface area contributed by atoms with Gasteiger partial charge in [-0.1, -0.05) is 12.1 Å². The van der Waals surface area contributed by atoms with Gasteiger partial charge in [0.05, 0.1) is 15.4 Å². The highest BCUT2D eigenvalue weighted by Crippen LogP contribution is 2.22. The number of nitro benzene ring substituents is 1. The van der Waals surface area contributed by atoms with Gasteiger partial charge in [0.2, 0.25) is 0 Å². The fourth-order valence-electron chi connectivity index (χ4n) is 0.957. The fourth-order valence-corrected chi connectivity index (χ4v) is 1.20. The molecule has 1 aromatic carbocycles. The molecule has 1 aromatic rings. The van der Waals surface area contributed by atoms with E-state index < -0.39 is 9.85 Å². The lowest BCUT2D eigenvalue weighted by Gasteiger charge is -1.95. The van der Waals surface area contributed by atoms with Crippen LogP contribution in [0.3, 0.4) is 0 Å². The van der Waals surface area contributed by atoms with Gasteiger partial charge in [0.25, 0.3) is 5.69 Å². The Labute approximate surface area is 92.6 Å². The molecule has 0 fully saturated rings. The van der Waals surface area contributed by atoms with Gasteiger partial charge in [0.15, 0.2) is 0 Å². The van der Waals surface area contributed by atoms with Gasteiger partial charge < -0.3 is 0 Å². The van der Waals surface area contributed by atoms with Crippen molar-refractivity contribution in [3.8, 4) is 0 Å². The van der Waals surface area contributed by atoms with Crippen molar-refractivity contribution in [3.63, 3.8) is 0 Å². The Balaban J connectivity index is 3.20. The fraction of sp³-hybridized carbons (Fsp3) is 0. The lowest BCUT2D eigenvalue weighted by atomic mass is 10.2. The molecular formula is C8H5BrN2O4. The first-order valence-electron chi connectivity index (χ1n) is 3.77. The highest BCUT2D eigenvalue weighted by molar-refractivity contribution is 9.11. The van der Waals surface area contributed by atoms with Crippen molar-refractivity contribution in [1.29, 1.82) is 0 Å². The summed E-state index contributed by atoms with van der Waals surface area (Å²) in [4.78, 5) is 19.6. The molecule has 78 valence electrons. The molecule has 0 spiro atoms. The second-order valence-corrected chi connectivity index (χ2v) is 3.35. The summed E-state index contributed by atoms with van der Waals surface area (Å²) in [5.41, 5.74) is 0.0161. The third-order valence-corrected chi connectivity index (χ3v) is 2.10. The van der Waals surface area contributed by atoms with Gasteiger partial charge in [0.1, 0.15) is 0 Å². The van der Waals surface area contributed by atoms with Crippen LogP contribution in [0, 0.1) is 20.2 Å². The van der Waals surface area contributed by atoms with Crippen molar-refractivity contribution in [2.45, 2.75) is 0 Å². The number of rotatable bonds is 3. The van der Waals surface area contributed by atoms with Crippen molar-refractivity contribution in [2.75, 3.05) is 0 Å². The molecule has 7 heteroatoms. The van der Waals surface area contributed by atoms with Crippen LogP contribution >= 0.6 is 15.9 Å². The Morgan fingerprint density at radius 2 is 1.87 bits per heavy atom. The van der Waals surface area contributed by atoms with E-state index in [0.717, 1.165) is 6.08 Å². The molecule has 0 saturated carbocycles. The van der Waals surface area contributed by atoms with Crippen LogP contribution in [0.2, 0.25) is 0 Å². The van der Waals surface area contributed by atoms with E-state index in [4.69, 9.17) is 0 Å². The Kier molecular flexibility index (Phi) is 3.51. The van der Waals surface area contributed by atoms with Crippen LogP contribution in [-0.2, 0) is 0 Å². The zero-order valence-electron chi connectivity index (χ0n) is 7.29. The Morgan fingerprint density at radius 1 is 1.27 bits per heavy atom. The normalized spacial score (nSPS) is 11.1. The van der Waals surface area contributed by atoms with E-state index >= 15 is 0 Å². The second kappa shape index (κ2) is 4.65. The molecule has 0 aliphatic rings. The number of nitro groups is 2. The first-order valence-corrected chi connectivity index (χ1v) is 4.56. The van der Waals surface area contributed by atoms with Gasteiger partial charge in [-0.25, -0.2) is 0 Å². The maximum absolute atomic E-state index is 10.6. The highest BCUT2D eigenvalue weighted by atomic mass is 79.9. The number of hydrogen-bond acceptors (Lipinski definition) is 4. The predicted molar refractivity (Wildman–Crippen MR) is 57.0 cm³/mol. The zero-order chi connectivity index (χ0) is 11.4. The van der Waals surface area contributed by atoms with Crippen molar-refractivity contribution >= 4 is 27.7 Å². The quantitative estimate of drug-likeness (QED) is 0.481. The van der Waals surface area contributed by atoms with E-state index in [2.05, 4.69) is 15.9 Å². The average Bonchev–Trinajstić information content (AvgIpc) is 2.18. The monoisotopic (exact) mass is 272 g/mol. The average molecular weight is 273 g/mol. The molecule has 0 saturated heterocycles. The standard InChI is InChI=1S/C8H5BrN2O4/c9-8(11(14)15)5-6-3-1-2-4-7(6)10(12)13/h1-5H/b8-5+. The summed E-state index contributed by atoms with van der Waals surface area (Å²) in [5.74, 6) is 0. The maximum atomic E-state index is 10.6. The number of para-hydroxylation sites is 1. The largest absolute Gasteiger partial charge is 0.311 e. The Hall–Kier alpha value is -1.76. The summed E-state index contributed by atoms with van der Waals surface area (Å²) in [6, 6.07) is 5.78. The van der Waals surface area contributed by atoms with E-state index in [-0.39, 0.29) is 15.9 Å². The van der Waals surface area contributed by atoms with Gasteiger partial charge in [-0.05, 0) is 6.07 Å². The first kappa shape index (κ1) is 11.3. The smallest absolute Gasteiger partial charge is 0.258 e. The summed E-state index contributed by atoms with van der Waals surface area (Å²) < 4.78 is -0.322. The van der Waals surface area contributed by atoms with E-state index in [1.54, 1.807) is 6.07 Å². The van der Waals surface area contributed by atoms with Crippen molar-refractivity contribution < 1.29 is 9.85 Å². The van der Waals surface area contributed by atoms with Gasteiger partial charge >= 0.3 is 4.61 Å². The van der Waals surface area contributed by atoms with Gasteiger partial charge in [-0.3, -0.25) is 20.2 Å². The van der Waals surface area contributed by atoms with Crippen LogP contribution in [0.15, 0.2) is 28.9 Å². The van der Waals surface area contributed by atoms with Crippen LogP contribution in [0.4, 0.5) is 5.69 Å². The molecule has 0 heterocycles. The molecular weight excluding hydrogens is 268 g/mol. The predicted octanol–water partition coefficient (Wildman–Crippen LogP) is 2.56. The van der Waals surface area contributed by atoms with Crippen LogP contribution in [0.1, 0.15) is 5.56 Å². The van der Waals surface area contributed by atoms with E-state index in [1.165, 1.54) is 18.2 Å². The molecule has 15 heavy (non-hydrogen) atoms. The minimum Gasteiger partial charge on any atom is -0.258 e. The van der Waals surface area contributed by atoms with Crippen molar-refractivity contribution in [2.24, 2.45) is 0 Å². The summed E-state index contributed by atoms with van der Waals surface area (Å²) in [5, 5.41) is 20.9. The molecule has 0 unspecified atom stereocenters. The molecule has 0 aliphatic heterocycles. The highest BCUT2D eigenvalue weighted by Gasteiger charge is 2.13. The van der Waals surface area contributed by atoms with E-state index in [0.29, 0.717) is 0 Å². The number of benzene rings is 1. The molecule has 0 atom stereocenters.